The molecule has 130 valence electrons. The molecule has 2 aromatic heterocycles. The van der Waals surface area contributed by atoms with Crippen molar-refractivity contribution >= 4 is 27.3 Å². The molecule has 25 heavy (non-hydrogen) atoms. The predicted octanol–water partition coefficient (Wildman–Crippen LogP) is 4.78. The lowest BCUT2D eigenvalue weighted by atomic mass is 10.1. The van der Waals surface area contributed by atoms with Crippen molar-refractivity contribution < 1.29 is 9.21 Å². The monoisotopic (exact) mass is 354 g/mol. The van der Waals surface area contributed by atoms with E-state index in [0.717, 1.165) is 17.9 Å². The smallest absolute Gasteiger partial charge is 0.246 e. The molecule has 0 saturated carbocycles. The fourth-order valence-electron chi connectivity index (χ4n) is 2.85. The van der Waals surface area contributed by atoms with Crippen molar-refractivity contribution in [1.29, 1.82) is 0 Å². The Kier molecular flexibility index (Phi) is 5.04. The first-order valence-electron chi connectivity index (χ1n) is 8.37. The van der Waals surface area contributed by atoms with Crippen LogP contribution >= 0.6 is 11.3 Å². The van der Waals surface area contributed by atoms with Crippen molar-refractivity contribution in [2.45, 2.75) is 40.3 Å². The van der Waals surface area contributed by atoms with E-state index in [1.54, 1.807) is 16.2 Å². The molecule has 3 rings (SSSR count). The number of carbonyl (C=O) groups is 1. The molecule has 0 unspecified atom stereocenters. The van der Waals surface area contributed by atoms with Gasteiger partial charge in [0.1, 0.15) is 5.76 Å². The number of carbonyl (C=O) groups excluding carboxylic acids is 1. The first kappa shape index (κ1) is 17.4. The van der Waals surface area contributed by atoms with Gasteiger partial charge >= 0.3 is 0 Å². The number of fused-ring (bicyclic) bond motifs is 1. The van der Waals surface area contributed by atoms with Crippen LogP contribution in [0.4, 0.5) is 0 Å². The summed E-state index contributed by atoms with van der Waals surface area (Å²) in [6.45, 7) is 10.6. The second-order valence-electron chi connectivity index (χ2n) is 6.01. The second kappa shape index (κ2) is 7.23. The molecular formula is C20H22N2O2S. The minimum atomic E-state index is -0.106. The standard InChI is InChI=1S/C20H22N2O2S/c1-5-19-21-14(4)16(24-19)11-22(20(23)6-2)12-18-13(3)15-9-7-8-10-17(15)25-18/h6-10H,2,5,11-12H2,1,3-4H3. The molecule has 0 N–H and O–H groups in total. The van der Waals surface area contributed by atoms with Gasteiger partial charge in [0.15, 0.2) is 5.89 Å². The van der Waals surface area contributed by atoms with E-state index in [-0.39, 0.29) is 5.91 Å². The summed E-state index contributed by atoms with van der Waals surface area (Å²) in [5.41, 5.74) is 2.07. The van der Waals surface area contributed by atoms with Gasteiger partial charge in [-0.1, -0.05) is 31.7 Å². The van der Waals surface area contributed by atoms with Crippen LogP contribution in [-0.4, -0.2) is 15.8 Å². The molecule has 0 bridgehead atoms. The van der Waals surface area contributed by atoms with Crippen LogP contribution in [0.25, 0.3) is 10.1 Å². The zero-order valence-corrected chi connectivity index (χ0v) is 15.7. The fourth-order valence-corrected chi connectivity index (χ4v) is 4.08. The third-order valence-corrected chi connectivity index (χ3v) is 5.59. The lowest BCUT2D eigenvalue weighted by Gasteiger charge is -2.20. The molecule has 0 aliphatic heterocycles. The minimum absolute atomic E-state index is 0.106. The summed E-state index contributed by atoms with van der Waals surface area (Å²) >= 11 is 1.73. The van der Waals surface area contributed by atoms with Gasteiger partial charge in [-0.25, -0.2) is 4.98 Å². The van der Waals surface area contributed by atoms with E-state index in [9.17, 15) is 4.79 Å². The van der Waals surface area contributed by atoms with Crippen LogP contribution in [0, 0.1) is 13.8 Å². The van der Waals surface area contributed by atoms with Gasteiger partial charge < -0.3 is 9.32 Å². The number of hydrogen-bond acceptors (Lipinski definition) is 4. The number of hydrogen-bond donors (Lipinski definition) is 0. The number of thiophene rings is 1. The van der Waals surface area contributed by atoms with Crippen molar-refractivity contribution in [2.75, 3.05) is 0 Å². The summed E-state index contributed by atoms with van der Waals surface area (Å²) < 4.78 is 7.02. The highest BCUT2D eigenvalue weighted by atomic mass is 32.1. The van der Waals surface area contributed by atoms with Crippen molar-refractivity contribution in [3.8, 4) is 0 Å². The minimum Gasteiger partial charge on any atom is -0.444 e. The number of amides is 1. The lowest BCUT2D eigenvalue weighted by Crippen LogP contribution is -2.28. The zero-order valence-electron chi connectivity index (χ0n) is 14.8. The highest BCUT2D eigenvalue weighted by Crippen LogP contribution is 2.32. The zero-order chi connectivity index (χ0) is 18.0. The molecule has 5 heteroatoms. The number of benzene rings is 1. The fraction of sp³-hybridized carbons (Fsp3) is 0.300. The lowest BCUT2D eigenvalue weighted by molar-refractivity contribution is -0.127. The Morgan fingerprint density at radius 1 is 1.32 bits per heavy atom. The molecule has 0 radical (unpaired) electrons. The quantitative estimate of drug-likeness (QED) is 0.598. The highest BCUT2D eigenvalue weighted by molar-refractivity contribution is 7.19. The van der Waals surface area contributed by atoms with Gasteiger partial charge in [0, 0.05) is 16.0 Å². The average Bonchev–Trinajstić information content (AvgIpc) is 3.14. The maximum absolute atomic E-state index is 12.4. The number of oxazole rings is 1. The molecule has 0 saturated heterocycles. The first-order valence-corrected chi connectivity index (χ1v) is 9.18. The number of aryl methyl sites for hydroxylation is 3. The molecule has 0 fully saturated rings. The van der Waals surface area contributed by atoms with Gasteiger partial charge in [-0.3, -0.25) is 4.79 Å². The Labute approximate surface area is 151 Å². The third kappa shape index (κ3) is 3.51. The normalized spacial score (nSPS) is 11.0. The molecule has 0 aliphatic rings. The Morgan fingerprint density at radius 2 is 2.08 bits per heavy atom. The molecule has 4 nitrogen and oxygen atoms in total. The van der Waals surface area contributed by atoms with Crippen molar-refractivity contribution in [3.05, 3.63) is 64.7 Å². The van der Waals surface area contributed by atoms with E-state index in [1.165, 1.54) is 26.6 Å². The maximum atomic E-state index is 12.4. The van der Waals surface area contributed by atoms with Crippen LogP contribution in [0.2, 0.25) is 0 Å². The molecule has 0 atom stereocenters. The van der Waals surface area contributed by atoms with Gasteiger partial charge in [-0.15, -0.1) is 11.3 Å². The van der Waals surface area contributed by atoms with E-state index < -0.39 is 0 Å². The van der Waals surface area contributed by atoms with Crippen molar-refractivity contribution in [3.63, 3.8) is 0 Å². The SMILES string of the molecule is C=CC(=O)N(Cc1oc(CC)nc1C)Cc1sc2ccccc2c1C. The summed E-state index contributed by atoms with van der Waals surface area (Å²) in [5.74, 6) is 1.34. The summed E-state index contributed by atoms with van der Waals surface area (Å²) in [4.78, 5) is 19.7. The summed E-state index contributed by atoms with van der Waals surface area (Å²) in [6.07, 6.45) is 2.10. The van der Waals surface area contributed by atoms with E-state index in [0.29, 0.717) is 19.0 Å². The van der Waals surface area contributed by atoms with Crippen molar-refractivity contribution in [2.24, 2.45) is 0 Å². The molecule has 0 spiro atoms. The number of aromatic nitrogens is 1. The van der Waals surface area contributed by atoms with E-state index in [1.807, 2.05) is 26.0 Å². The molecule has 1 amide bonds. The van der Waals surface area contributed by atoms with Crippen LogP contribution in [-0.2, 0) is 24.3 Å². The van der Waals surface area contributed by atoms with E-state index >= 15 is 0 Å². The van der Waals surface area contributed by atoms with Crippen LogP contribution in [0.3, 0.4) is 0 Å². The molecule has 0 aliphatic carbocycles. The Bertz CT molecular complexity index is 923. The first-order chi connectivity index (χ1) is 12.0. The number of nitrogens with zero attached hydrogens (tertiary/aromatic N) is 2. The maximum Gasteiger partial charge on any atom is 0.246 e. The largest absolute Gasteiger partial charge is 0.444 e. The molecule has 1 aromatic carbocycles. The van der Waals surface area contributed by atoms with Crippen LogP contribution in [0.1, 0.15) is 34.7 Å². The van der Waals surface area contributed by atoms with Gasteiger partial charge in [0.2, 0.25) is 5.91 Å². The second-order valence-corrected chi connectivity index (χ2v) is 7.15. The molecule has 2 heterocycles. The molecule has 3 aromatic rings. The topological polar surface area (TPSA) is 46.3 Å². The van der Waals surface area contributed by atoms with Gasteiger partial charge in [0.05, 0.1) is 18.8 Å². The summed E-state index contributed by atoms with van der Waals surface area (Å²) in [7, 11) is 0. The van der Waals surface area contributed by atoms with E-state index in [2.05, 4.69) is 30.6 Å². The Morgan fingerprint density at radius 3 is 2.72 bits per heavy atom. The summed E-state index contributed by atoms with van der Waals surface area (Å²) in [6, 6.07) is 8.32. The van der Waals surface area contributed by atoms with Crippen LogP contribution in [0.15, 0.2) is 41.3 Å². The van der Waals surface area contributed by atoms with Crippen molar-refractivity contribution in [1.82, 2.24) is 9.88 Å². The van der Waals surface area contributed by atoms with Gasteiger partial charge in [-0.05, 0) is 36.9 Å². The summed E-state index contributed by atoms with van der Waals surface area (Å²) in [5, 5.41) is 1.25. The van der Waals surface area contributed by atoms with Gasteiger partial charge in [-0.2, -0.15) is 0 Å². The Hall–Kier alpha value is -2.40. The van der Waals surface area contributed by atoms with Crippen LogP contribution < -0.4 is 0 Å². The average molecular weight is 354 g/mol. The number of rotatable bonds is 6. The highest BCUT2D eigenvalue weighted by Gasteiger charge is 2.19. The predicted molar refractivity (Wildman–Crippen MR) is 102 cm³/mol. The van der Waals surface area contributed by atoms with Crippen LogP contribution in [0.5, 0.6) is 0 Å². The Balaban J connectivity index is 1.90. The molecular weight excluding hydrogens is 332 g/mol. The van der Waals surface area contributed by atoms with Gasteiger partial charge in [0.25, 0.3) is 0 Å². The van der Waals surface area contributed by atoms with E-state index in [4.69, 9.17) is 4.42 Å². The third-order valence-electron chi connectivity index (χ3n) is 4.34.